The van der Waals surface area contributed by atoms with Gasteiger partial charge in [0, 0.05) is 17.6 Å². The summed E-state index contributed by atoms with van der Waals surface area (Å²) < 4.78 is 1.79. The first-order valence-electron chi connectivity index (χ1n) is 8.36. The number of carbonyl (C=O) groups excluding carboxylic acids is 1. The van der Waals surface area contributed by atoms with Crippen molar-refractivity contribution in [2.45, 2.75) is 32.4 Å². The number of pyridine rings is 1. The van der Waals surface area contributed by atoms with Crippen LogP contribution in [0, 0.1) is 0 Å². The van der Waals surface area contributed by atoms with Crippen LogP contribution in [0.25, 0.3) is 11.0 Å². The Balaban J connectivity index is 1.85. The molecule has 0 aliphatic rings. The molecule has 1 amide bonds. The summed E-state index contributed by atoms with van der Waals surface area (Å²) in [6, 6.07) is 10.3. The number of carboxylic acids is 1. The van der Waals surface area contributed by atoms with Gasteiger partial charge in [-0.15, -0.1) is 0 Å². The van der Waals surface area contributed by atoms with E-state index in [0.717, 1.165) is 10.9 Å². The molecule has 3 aromatic rings. The lowest BCUT2D eigenvalue weighted by molar-refractivity contribution is -0.137. The fourth-order valence-corrected chi connectivity index (χ4v) is 2.80. The topological polar surface area (TPSA) is 97.1 Å². The van der Waals surface area contributed by atoms with Gasteiger partial charge < -0.3 is 10.4 Å². The zero-order chi connectivity index (χ0) is 18.7. The van der Waals surface area contributed by atoms with Crippen molar-refractivity contribution in [2.24, 2.45) is 0 Å². The molecule has 0 unspecified atom stereocenters. The number of nitrogens with one attached hydrogen (secondary N) is 1. The van der Waals surface area contributed by atoms with Crippen LogP contribution in [0.4, 0.5) is 0 Å². The average molecular weight is 352 g/mol. The number of aromatic nitrogens is 3. The van der Waals surface area contributed by atoms with E-state index in [-0.39, 0.29) is 18.4 Å². The van der Waals surface area contributed by atoms with E-state index in [2.05, 4.69) is 15.4 Å². The third-order valence-corrected chi connectivity index (χ3v) is 4.07. The Morgan fingerprint density at radius 1 is 1.19 bits per heavy atom. The first kappa shape index (κ1) is 17.6. The highest BCUT2D eigenvalue weighted by molar-refractivity contribution is 5.97. The lowest BCUT2D eigenvalue weighted by atomic mass is 10.0. The number of carboxylic acid groups (broad SMARTS) is 1. The molecule has 2 aromatic heterocycles. The zero-order valence-corrected chi connectivity index (χ0v) is 14.6. The minimum atomic E-state index is -0.981. The maximum atomic E-state index is 12.6. The predicted molar refractivity (Wildman–Crippen MR) is 96.8 cm³/mol. The van der Waals surface area contributed by atoms with E-state index in [1.165, 1.54) is 6.20 Å². The van der Waals surface area contributed by atoms with Crippen LogP contribution in [-0.2, 0) is 4.79 Å². The Morgan fingerprint density at radius 3 is 2.58 bits per heavy atom. The van der Waals surface area contributed by atoms with Gasteiger partial charge in [0.05, 0.1) is 24.2 Å². The van der Waals surface area contributed by atoms with E-state index in [4.69, 9.17) is 5.11 Å². The standard InChI is InChI=1S/C19H20N4O3/c1-12(2)23-18-14(11-21-23)8-15(10-20-18)19(26)22-16(9-17(24)25)13-6-4-3-5-7-13/h3-8,10-12,16H,9H2,1-2H3,(H,22,26)(H,24,25)/t16-/m0/s1. The number of hydrogen-bond acceptors (Lipinski definition) is 4. The van der Waals surface area contributed by atoms with Gasteiger partial charge >= 0.3 is 5.97 Å². The number of benzene rings is 1. The molecule has 0 aliphatic heterocycles. The third-order valence-electron chi connectivity index (χ3n) is 4.07. The van der Waals surface area contributed by atoms with Gasteiger partial charge in [0.25, 0.3) is 5.91 Å². The molecule has 3 rings (SSSR count). The van der Waals surface area contributed by atoms with E-state index in [1.54, 1.807) is 29.1 Å². The quantitative estimate of drug-likeness (QED) is 0.711. The van der Waals surface area contributed by atoms with Crippen LogP contribution in [0.15, 0.2) is 48.8 Å². The molecule has 0 saturated heterocycles. The second-order valence-corrected chi connectivity index (χ2v) is 6.35. The van der Waals surface area contributed by atoms with E-state index in [9.17, 15) is 9.59 Å². The fraction of sp³-hybridized carbons (Fsp3) is 0.263. The first-order chi connectivity index (χ1) is 12.5. The van der Waals surface area contributed by atoms with Gasteiger partial charge in [0.15, 0.2) is 5.65 Å². The number of aliphatic carboxylic acids is 1. The van der Waals surface area contributed by atoms with Crippen LogP contribution < -0.4 is 5.32 Å². The normalized spacial score (nSPS) is 12.3. The van der Waals surface area contributed by atoms with Crippen molar-refractivity contribution >= 4 is 22.9 Å². The van der Waals surface area contributed by atoms with Gasteiger partial charge in [0.1, 0.15) is 0 Å². The summed E-state index contributed by atoms with van der Waals surface area (Å²) in [4.78, 5) is 28.1. The average Bonchev–Trinajstić information content (AvgIpc) is 3.05. The number of nitrogens with zero attached hydrogens (tertiary/aromatic N) is 3. The summed E-state index contributed by atoms with van der Waals surface area (Å²) in [7, 11) is 0. The summed E-state index contributed by atoms with van der Waals surface area (Å²) in [6.45, 7) is 4.01. The summed E-state index contributed by atoms with van der Waals surface area (Å²) >= 11 is 0. The Hall–Kier alpha value is -3.22. The van der Waals surface area contributed by atoms with Crippen LogP contribution in [0.5, 0.6) is 0 Å². The van der Waals surface area contributed by atoms with E-state index >= 15 is 0 Å². The summed E-state index contributed by atoms with van der Waals surface area (Å²) in [5, 5.41) is 17.0. The molecule has 2 N–H and O–H groups in total. The summed E-state index contributed by atoms with van der Waals surface area (Å²) in [5.74, 6) is -1.35. The zero-order valence-electron chi connectivity index (χ0n) is 14.6. The molecule has 0 radical (unpaired) electrons. The Morgan fingerprint density at radius 2 is 1.92 bits per heavy atom. The molecular formula is C19H20N4O3. The molecule has 0 aliphatic carbocycles. The van der Waals surface area contributed by atoms with Crippen molar-refractivity contribution in [3.63, 3.8) is 0 Å². The largest absolute Gasteiger partial charge is 0.481 e. The maximum absolute atomic E-state index is 12.6. The van der Waals surface area contributed by atoms with Crippen molar-refractivity contribution in [3.8, 4) is 0 Å². The van der Waals surface area contributed by atoms with Crippen molar-refractivity contribution in [3.05, 3.63) is 59.9 Å². The highest BCUT2D eigenvalue weighted by Crippen LogP contribution is 2.19. The molecule has 134 valence electrons. The van der Waals surface area contributed by atoms with Crippen molar-refractivity contribution in [2.75, 3.05) is 0 Å². The molecular weight excluding hydrogens is 332 g/mol. The van der Waals surface area contributed by atoms with Crippen molar-refractivity contribution in [1.29, 1.82) is 0 Å². The van der Waals surface area contributed by atoms with Crippen LogP contribution in [0.3, 0.4) is 0 Å². The van der Waals surface area contributed by atoms with Gasteiger partial charge in [-0.3, -0.25) is 9.59 Å². The molecule has 1 aromatic carbocycles. The second-order valence-electron chi connectivity index (χ2n) is 6.35. The van der Waals surface area contributed by atoms with Crippen molar-refractivity contribution in [1.82, 2.24) is 20.1 Å². The Bertz CT molecular complexity index is 934. The highest BCUT2D eigenvalue weighted by atomic mass is 16.4. The van der Waals surface area contributed by atoms with Gasteiger partial charge in [-0.1, -0.05) is 30.3 Å². The fourth-order valence-electron chi connectivity index (χ4n) is 2.80. The molecule has 7 heteroatoms. The number of hydrogen-bond donors (Lipinski definition) is 2. The van der Waals surface area contributed by atoms with Crippen LogP contribution in [-0.4, -0.2) is 31.7 Å². The monoisotopic (exact) mass is 352 g/mol. The minimum absolute atomic E-state index is 0.165. The molecule has 0 spiro atoms. The molecule has 0 saturated carbocycles. The van der Waals surface area contributed by atoms with E-state index < -0.39 is 12.0 Å². The molecule has 0 bridgehead atoms. The Kier molecular flexibility index (Phi) is 4.97. The lowest BCUT2D eigenvalue weighted by Crippen LogP contribution is -2.30. The molecule has 26 heavy (non-hydrogen) atoms. The van der Waals surface area contributed by atoms with Crippen LogP contribution in [0.2, 0.25) is 0 Å². The molecule has 7 nitrogen and oxygen atoms in total. The molecule has 2 heterocycles. The number of carbonyl (C=O) groups is 2. The number of rotatable bonds is 6. The number of amides is 1. The van der Waals surface area contributed by atoms with Gasteiger partial charge in [0.2, 0.25) is 0 Å². The summed E-state index contributed by atoms with van der Waals surface area (Å²) in [5.41, 5.74) is 1.82. The molecule has 0 fully saturated rings. The van der Waals surface area contributed by atoms with Gasteiger partial charge in [-0.25, -0.2) is 9.67 Å². The maximum Gasteiger partial charge on any atom is 0.305 e. The number of fused-ring (bicyclic) bond motifs is 1. The molecule has 1 atom stereocenters. The van der Waals surface area contributed by atoms with Gasteiger partial charge in [-0.05, 0) is 25.5 Å². The lowest BCUT2D eigenvalue weighted by Gasteiger charge is -2.17. The first-order valence-corrected chi connectivity index (χ1v) is 8.36. The Labute approximate surface area is 150 Å². The summed E-state index contributed by atoms with van der Waals surface area (Å²) in [6.07, 6.45) is 2.96. The van der Waals surface area contributed by atoms with Crippen LogP contribution >= 0.6 is 0 Å². The van der Waals surface area contributed by atoms with Crippen LogP contribution in [0.1, 0.15) is 48.3 Å². The van der Waals surface area contributed by atoms with E-state index in [0.29, 0.717) is 11.2 Å². The predicted octanol–water partition coefficient (Wildman–Crippen LogP) is 2.96. The van der Waals surface area contributed by atoms with E-state index in [1.807, 2.05) is 32.0 Å². The minimum Gasteiger partial charge on any atom is -0.481 e. The SMILES string of the molecule is CC(C)n1ncc2cc(C(=O)N[C@@H](CC(=O)O)c3ccccc3)cnc21. The highest BCUT2D eigenvalue weighted by Gasteiger charge is 2.19. The van der Waals surface area contributed by atoms with Crippen molar-refractivity contribution < 1.29 is 14.7 Å². The second kappa shape index (κ2) is 7.35. The third kappa shape index (κ3) is 3.72. The smallest absolute Gasteiger partial charge is 0.305 e. The van der Waals surface area contributed by atoms with Gasteiger partial charge in [-0.2, -0.15) is 5.10 Å².